The molecule has 4 heteroatoms. The third-order valence-corrected chi connectivity index (χ3v) is 14.0. The number of rotatable bonds is 7. The molecule has 0 radical (unpaired) electrons. The van der Waals surface area contributed by atoms with Gasteiger partial charge in [0.15, 0.2) is 0 Å². The van der Waals surface area contributed by atoms with E-state index in [0.717, 1.165) is 52.7 Å². The van der Waals surface area contributed by atoms with Crippen molar-refractivity contribution in [1.82, 2.24) is 9.97 Å². The van der Waals surface area contributed by atoms with Crippen molar-refractivity contribution in [2.24, 2.45) is 0 Å². The van der Waals surface area contributed by atoms with Crippen molar-refractivity contribution in [3.63, 3.8) is 0 Å². The van der Waals surface area contributed by atoms with Crippen LogP contribution in [0.2, 0.25) is 0 Å². The Balaban J connectivity index is 1.57. The second-order valence-corrected chi connectivity index (χ2v) is 15.5. The summed E-state index contributed by atoms with van der Waals surface area (Å²) in [7, 11) is -2.40. The molecule has 0 saturated heterocycles. The quantitative estimate of drug-likeness (QED) is 0.121. The summed E-state index contributed by atoms with van der Waals surface area (Å²) in [6.07, 6.45) is 15.7. The van der Waals surface area contributed by atoms with Gasteiger partial charge in [0, 0.05) is 0 Å². The number of benzene rings is 3. The molecule has 5 aromatic rings. The number of hydrogen-bond acceptors (Lipinski definition) is 2. The molecular formula is C44H37N2OsP+. The summed E-state index contributed by atoms with van der Waals surface area (Å²) >= 11 is 1.79. The summed E-state index contributed by atoms with van der Waals surface area (Å²) in [5, 5.41) is 5.00. The van der Waals surface area contributed by atoms with Crippen LogP contribution >= 0.6 is 7.26 Å². The van der Waals surface area contributed by atoms with Gasteiger partial charge in [-0.1, -0.05) is 12.2 Å². The first-order valence-electron chi connectivity index (χ1n) is 16.3. The zero-order valence-corrected chi connectivity index (χ0v) is 30.7. The number of allylic oxidation sites excluding steroid dienone is 7. The number of pyridine rings is 2. The van der Waals surface area contributed by atoms with Crippen LogP contribution < -0.4 is 15.9 Å². The molecule has 0 N–H and O–H groups in total. The number of aromatic nitrogens is 2. The van der Waals surface area contributed by atoms with E-state index in [9.17, 15) is 0 Å². The van der Waals surface area contributed by atoms with Crippen molar-refractivity contribution < 1.29 is 17.9 Å². The maximum atomic E-state index is 4.76. The Kier molecular flexibility index (Phi) is 11.0. The molecule has 1 saturated carbocycles. The first-order chi connectivity index (χ1) is 23.7. The SMILES string of the molecule is CC=C1CCCC1=CC(C#Cc1ccc(-c2ccc(/C=C/C)cn2)nc1)=C([C]#[Os])[P+](c1ccccc1)(c1ccccc1)c1ccccc1. The summed E-state index contributed by atoms with van der Waals surface area (Å²) in [6, 6.07) is 41.0. The molecular weight excluding hydrogens is 778 g/mol. The Bertz CT molecular complexity index is 2000. The van der Waals surface area contributed by atoms with Crippen LogP contribution in [-0.4, -0.2) is 9.97 Å². The summed E-state index contributed by atoms with van der Waals surface area (Å²) in [5.41, 5.74) is 7.39. The van der Waals surface area contributed by atoms with Crippen molar-refractivity contribution in [1.29, 1.82) is 0 Å². The second kappa shape index (κ2) is 15.9. The Morgan fingerprint density at radius 1 is 0.688 bits per heavy atom. The van der Waals surface area contributed by atoms with Crippen molar-refractivity contribution >= 4 is 29.3 Å². The predicted octanol–water partition coefficient (Wildman–Crippen LogP) is 9.34. The van der Waals surface area contributed by atoms with Crippen molar-refractivity contribution in [2.45, 2.75) is 33.1 Å². The van der Waals surface area contributed by atoms with Crippen molar-refractivity contribution in [2.75, 3.05) is 0 Å². The van der Waals surface area contributed by atoms with E-state index >= 15 is 0 Å². The van der Waals surface area contributed by atoms with E-state index in [1.54, 1.807) is 17.9 Å². The van der Waals surface area contributed by atoms with Crippen LogP contribution in [0.25, 0.3) is 17.5 Å². The summed E-state index contributed by atoms with van der Waals surface area (Å²) < 4.78 is 3.79. The Hall–Kier alpha value is -4.67. The van der Waals surface area contributed by atoms with E-state index in [0.29, 0.717) is 0 Å². The molecule has 2 heterocycles. The fourth-order valence-corrected chi connectivity index (χ4v) is 12.1. The van der Waals surface area contributed by atoms with Gasteiger partial charge in [-0.15, -0.1) is 0 Å². The average molecular weight is 815 g/mol. The minimum atomic E-state index is -2.40. The summed E-state index contributed by atoms with van der Waals surface area (Å²) in [5.74, 6) is 7.20. The monoisotopic (exact) mass is 816 g/mol. The first kappa shape index (κ1) is 33.2. The van der Waals surface area contributed by atoms with E-state index in [1.165, 1.54) is 27.1 Å². The van der Waals surface area contributed by atoms with E-state index < -0.39 is 7.26 Å². The van der Waals surface area contributed by atoms with Crippen molar-refractivity contribution in [3.8, 4) is 27.6 Å². The molecule has 0 aliphatic heterocycles. The Morgan fingerprint density at radius 2 is 1.25 bits per heavy atom. The molecule has 1 fully saturated rings. The summed E-state index contributed by atoms with van der Waals surface area (Å²) in [4.78, 5) is 9.37. The summed E-state index contributed by atoms with van der Waals surface area (Å²) in [6.45, 7) is 4.15. The van der Waals surface area contributed by atoms with Crippen LogP contribution in [0, 0.1) is 16.2 Å². The molecule has 3 aromatic carbocycles. The minimum absolute atomic E-state index is 0.827. The van der Waals surface area contributed by atoms with Gasteiger partial charge in [-0.3, -0.25) is 0 Å². The van der Waals surface area contributed by atoms with E-state index in [1.807, 2.05) is 49.7 Å². The van der Waals surface area contributed by atoms with Gasteiger partial charge in [0.05, 0.1) is 0 Å². The molecule has 235 valence electrons. The molecule has 2 nitrogen and oxygen atoms in total. The normalized spacial score (nSPS) is 15.2. The molecule has 6 rings (SSSR count). The molecule has 1 aliphatic carbocycles. The standard InChI is InChI=1S/C44H37N2P.Os/c1-4-16-35-26-29-43(45-32-35)44-30-27-36(33-46-44)25-28-38(31-39-18-15-17-37(39)5-2)34(3)47(40-19-9-6-10-20-40,41-21-11-7-12-22-41)42-23-13-8-14-24-42;/h4-14,16,19-24,26-27,29-33H,15,17-18H2,1-2H3;/q+1;/b16-4+,37-5?,38-34?,39-31?;. The van der Waals surface area contributed by atoms with E-state index in [2.05, 4.69) is 137 Å². The van der Waals surface area contributed by atoms with Gasteiger partial charge in [0.1, 0.15) is 0 Å². The zero-order valence-electron chi connectivity index (χ0n) is 27.3. The average Bonchev–Trinajstić information content (AvgIpc) is 3.61. The van der Waals surface area contributed by atoms with Gasteiger partial charge >= 0.3 is 272 Å². The second-order valence-electron chi connectivity index (χ2n) is 11.5. The Morgan fingerprint density at radius 3 is 1.73 bits per heavy atom. The van der Waals surface area contributed by atoms with Crippen LogP contribution in [-0.2, 0) is 17.9 Å². The van der Waals surface area contributed by atoms with Crippen LogP contribution in [0.1, 0.15) is 44.2 Å². The van der Waals surface area contributed by atoms with Gasteiger partial charge < -0.3 is 0 Å². The molecule has 48 heavy (non-hydrogen) atoms. The number of hydrogen-bond donors (Lipinski definition) is 0. The fourth-order valence-electron chi connectivity index (χ4n) is 6.31. The van der Waals surface area contributed by atoms with Crippen molar-refractivity contribution in [3.05, 3.63) is 179 Å². The van der Waals surface area contributed by atoms with Gasteiger partial charge in [-0.2, -0.15) is 0 Å². The molecule has 0 amide bonds. The third kappa shape index (κ3) is 7.09. The molecule has 1 aliphatic rings. The van der Waals surface area contributed by atoms with Crippen LogP contribution in [0.4, 0.5) is 0 Å². The molecule has 0 atom stereocenters. The van der Waals surface area contributed by atoms with Crippen LogP contribution in [0.15, 0.2) is 168 Å². The van der Waals surface area contributed by atoms with Gasteiger partial charge in [0.2, 0.25) is 0 Å². The zero-order chi connectivity index (χ0) is 33.2. The molecule has 2 aromatic heterocycles. The molecule has 0 unspecified atom stereocenters. The van der Waals surface area contributed by atoms with E-state index in [-0.39, 0.29) is 0 Å². The number of nitrogens with zero attached hydrogens (tertiary/aromatic N) is 2. The van der Waals surface area contributed by atoms with Crippen LogP contribution in [0.3, 0.4) is 0 Å². The van der Waals surface area contributed by atoms with E-state index in [4.69, 9.17) is 4.98 Å². The Labute approximate surface area is 295 Å². The van der Waals surface area contributed by atoms with Gasteiger partial charge in [-0.25, -0.2) is 0 Å². The molecule has 0 bridgehead atoms. The van der Waals surface area contributed by atoms with Gasteiger partial charge in [-0.05, 0) is 12.5 Å². The topological polar surface area (TPSA) is 25.8 Å². The predicted molar refractivity (Wildman–Crippen MR) is 201 cm³/mol. The van der Waals surface area contributed by atoms with Crippen LogP contribution in [0.5, 0.6) is 0 Å². The third-order valence-electron chi connectivity index (χ3n) is 8.59. The first-order valence-corrected chi connectivity index (χ1v) is 19.3. The maximum absolute atomic E-state index is 4.76. The fraction of sp³-hybridized carbons (Fsp3) is 0.114. The molecule has 0 spiro atoms. The van der Waals surface area contributed by atoms with Gasteiger partial charge in [0.25, 0.3) is 0 Å².